The molecule has 1 unspecified atom stereocenters. The van der Waals surface area contributed by atoms with E-state index in [1.165, 1.54) is 0 Å². The molecule has 6 heteroatoms. The second-order valence-electron chi connectivity index (χ2n) is 3.28. The molecule has 2 N–H and O–H groups in total. The molecule has 0 radical (unpaired) electrons. The molecule has 1 aromatic heterocycles. The van der Waals surface area contributed by atoms with Gasteiger partial charge in [0, 0.05) is 0 Å². The van der Waals surface area contributed by atoms with Crippen LogP contribution in [0.25, 0.3) is 16.6 Å². The fraction of sp³-hybridized carbons (Fsp3) is 0.0909. The predicted octanol–water partition coefficient (Wildman–Crippen LogP) is 3.32. The number of H-pyrrole nitrogens is 1. The normalized spacial score (nSPS) is 14.2. The summed E-state index contributed by atoms with van der Waals surface area (Å²) in [4.78, 5) is 7.16. The van der Waals surface area contributed by atoms with Gasteiger partial charge in [0.1, 0.15) is 21.7 Å². The zero-order valence-corrected chi connectivity index (χ0v) is 10.8. The Morgan fingerprint density at radius 1 is 1.53 bits per heavy atom. The second kappa shape index (κ2) is 4.78. The first-order chi connectivity index (χ1) is 8.13. The monoisotopic (exact) mass is 311 g/mol. The van der Waals surface area contributed by atoms with Crippen LogP contribution in [-0.4, -0.2) is 19.4 Å². The standard InChI is InChI=1S/C11H7BrClN3O/c12-10(13)9(17)6(5-14)11-15-7-3-1-2-4-8(7)16-11/h1-4,10,17H,(H,15,16). The number of alkyl halides is 2. The summed E-state index contributed by atoms with van der Waals surface area (Å²) < 4.78 is -0.814. The lowest BCUT2D eigenvalue weighted by molar-refractivity contribution is 0.415. The molecule has 0 saturated heterocycles. The van der Waals surface area contributed by atoms with Crippen LogP contribution >= 0.6 is 27.5 Å². The third-order valence-electron chi connectivity index (χ3n) is 2.20. The van der Waals surface area contributed by atoms with E-state index in [-0.39, 0.29) is 11.3 Å². The number of para-hydroxylation sites is 2. The molecular formula is C11H7BrClN3O. The molecule has 1 aromatic carbocycles. The van der Waals surface area contributed by atoms with Crippen LogP contribution in [0.3, 0.4) is 0 Å². The van der Waals surface area contributed by atoms with Crippen LogP contribution in [-0.2, 0) is 0 Å². The van der Waals surface area contributed by atoms with Crippen LogP contribution in [0.4, 0.5) is 0 Å². The number of aliphatic hydroxyl groups excluding tert-OH is 1. The highest BCUT2D eigenvalue weighted by Gasteiger charge is 2.17. The van der Waals surface area contributed by atoms with Crippen LogP contribution in [0.15, 0.2) is 30.0 Å². The van der Waals surface area contributed by atoms with Gasteiger partial charge in [-0.1, -0.05) is 28.1 Å². The Kier molecular flexibility index (Phi) is 3.36. The van der Waals surface area contributed by atoms with E-state index < -0.39 is 4.29 Å². The zero-order valence-electron chi connectivity index (χ0n) is 8.48. The molecule has 2 aromatic rings. The van der Waals surface area contributed by atoms with Gasteiger partial charge in [-0.05, 0) is 12.1 Å². The predicted molar refractivity (Wildman–Crippen MR) is 69.8 cm³/mol. The van der Waals surface area contributed by atoms with Crippen molar-refractivity contribution in [1.29, 1.82) is 5.26 Å². The van der Waals surface area contributed by atoms with Gasteiger partial charge < -0.3 is 10.1 Å². The van der Waals surface area contributed by atoms with Gasteiger partial charge in [0.25, 0.3) is 0 Å². The highest BCUT2D eigenvalue weighted by Crippen LogP contribution is 2.24. The number of aliphatic hydroxyl groups is 1. The van der Waals surface area contributed by atoms with Gasteiger partial charge in [0.05, 0.1) is 11.0 Å². The smallest absolute Gasteiger partial charge is 0.152 e. The van der Waals surface area contributed by atoms with Crippen LogP contribution in [0.2, 0.25) is 0 Å². The molecule has 1 heterocycles. The maximum absolute atomic E-state index is 9.68. The molecule has 0 saturated carbocycles. The molecule has 0 aliphatic heterocycles. The number of imidazole rings is 1. The van der Waals surface area contributed by atoms with Crippen LogP contribution in [0.5, 0.6) is 0 Å². The van der Waals surface area contributed by atoms with Crippen molar-refractivity contribution in [2.75, 3.05) is 0 Å². The first kappa shape index (κ1) is 12.0. The van der Waals surface area contributed by atoms with E-state index >= 15 is 0 Å². The number of rotatable bonds is 2. The lowest BCUT2D eigenvalue weighted by Gasteiger charge is -2.01. The molecule has 0 spiro atoms. The van der Waals surface area contributed by atoms with E-state index in [9.17, 15) is 5.11 Å². The molecule has 0 aliphatic rings. The highest BCUT2D eigenvalue weighted by molar-refractivity contribution is 9.10. The number of aromatic nitrogens is 2. The van der Waals surface area contributed by atoms with Crippen LogP contribution in [0.1, 0.15) is 5.82 Å². The van der Waals surface area contributed by atoms with E-state index in [1.807, 2.05) is 30.3 Å². The molecule has 4 nitrogen and oxygen atoms in total. The van der Waals surface area contributed by atoms with Crippen molar-refractivity contribution in [1.82, 2.24) is 9.97 Å². The lowest BCUT2D eigenvalue weighted by atomic mass is 10.2. The van der Waals surface area contributed by atoms with Crippen LogP contribution in [0, 0.1) is 11.3 Å². The van der Waals surface area contributed by atoms with Crippen molar-refractivity contribution >= 4 is 44.1 Å². The summed E-state index contributed by atoms with van der Waals surface area (Å²) in [6.45, 7) is 0. The average Bonchev–Trinajstić information content (AvgIpc) is 2.72. The van der Waals surface area contributed by atoms with Gasteiger partial charge >= 0.3 is 0 Å². The SMILES string of the molecule is N#CC(=C(O)C(Cl)Br)c1nc2ccccc2[nH]1. The Morgan fingerprint density at radius 2 is 2.24 bits per heavy atom. The Labute approximate surface area is 111 Å². The second-order valence-corrected chi connectivity index (χ2v) is 5.15. The number of fused-ring (bicyclic) bond motifs is 1. The van der Waals surface area contributed by atoms with E-state index in [1.54, 1.807) is 0 Å². The first-order valence-electron chi connectivity index (χ1n) is 4.70. The number of nitriles is 1. The number of allylic oxidation sites excluding steroid dienone is 2. The Balaban J connectivity index is 2.60. The van der Waals surface area contributed by atoms with Crippen molar-refractivity contribution in [3.05, 3.63) is 35.8 Å². The van der Waals surface area contributed by atoms with Gasteiger partial charge in [-0.15, -0.1) is 11.6 Å². The minimum atomic E-state index is -0.814. The van der Waals surface area contributed by atoms with Crippen LogP contribution < -0.4 is 0 Å². The summed E-state index contributed by atoms with van der Waals surface area (Å²) >= 11 is 8.65. The molecule has 2 rings (SSSR count). The number of hydrogen-bond donors (Lipinski definition) is 2. The fourth-order valence-electron chi connectivity index (χ4n) is 1.41. The summed E-state index contributed by atoms with van der Waals surface area (Å²) in [7, 11) is 0. The van der Waals surface area contributed by atoms with E-state index in [2.05, 4.69) is 25.9 Å². The maximum Gasteiger partial charge on any atom is 0.152 e. The topological polar surface area (TPSA) is 72.7 Å². The Hall–Kier alpha value is -1.51. The molecule has 0 amide bonds. The van der Waals surface area contributed by atoms with Gasteiger partial charge in [-0.2, -0.15) is 5.26 Å². The third kappa shape index (κ3) is 2.28. The summed E-state index contributed by atoms with van der Waals surface area (Å²) in [5.41, 5.74) is 1.55. The number of nitrogens with one attached hydrogen (secondary N) is 1. The van der Waals surface area contributed by atoms with Gasteiger partial charge in [-0.3, -0.25) is 0 Å². The van der Waals surface area contributed by atoms with E-state index in [0.717, 1.165) is 11.0 Å². The van der Waals surface area contributed by atoms with E-state index in [0.29, 0.717) is 5.82 Å². The third-order valence-corrected chi connectivity index (χ3v) is 2.84. The molecular weight excluding hydrogens is 305 g/mol. The maximum atomic E-state index is 9.68. The average molecular weight is 313 g/mol. The van der Waals surface area contributed by atoms with Crippen molar-refractivity contribution in [3.63, 3.8) is 0 Å². The number of benzene rings is 1. The number of nitrogens with zero attached hydrogens (tertiary/aromatic N) is 2. The largest absolute Gasteiger partial charge is 0.508 e. The lowest BCUT2D eigenvalue weighted by Crippen LogP contribution is -1.98. The molecule has 0 fully saturated rings. The summed E-state index contributed by atoms with van der Waals surface area (Å²) in [6.07, 6.45) is 0. The minimum Gasteiger partial charge on any atom is -0.508 e. The van der Waals surface area contributed by atoms with Gasteiger partial charge in [0.2, 0.25) is 0 Å². The van der Waals surface area contributed by atoms with Crippen molar-refractivity contribution in [2.45, 2.75) is 4.29 Å². The van der Waals surface area contributed by atoms with E-state index in [4.69, 9.17) is 16.9 Å². The number of aromatic amines is 1. The Morgan fingerprint density at radius 3 is 2.82 bits per heavy atom. The van der Waals surface area contributed by atoms with Gasteiger partial charge in [0.15, 0.2) is 5.82 Å². The number of halogens is 2. The zero-order chi connectivity index (χ0) is 12.4. The fourth-order valence-corrected chi connectivity index (χ4v) is 1.75. The number of hydrogen-bond acceptors (Lipinski definition) is 3. The molecule has 0 bridgehead atoms. The minimum absolute atomic E-state index is 0.0260. The molecule has 1 atom stereocenters. The molecule has 17 heavy (non-hydrogen) atoms. The Bertz CT molecular complexity index is 594. The van der Waals surface area contributed by atoms with Gasteiger partial charge in [-0.25, -0.2) is 4.98 Å². The summed E-state index contributed by atoms with van der Waals surface area (Å²) in [5, 5.41) is 18.7. The van der Waals surface area contributed by atoms with Crippen molar-refractivity contribution < 1.29 is 5.11 Å². The highest BCUT2D eigenvalue weighted by atomic mass is 79.9. The molecule has 0 aliphatic carbocycles. The molecule has 86 valence electrons. The van der Waals surface area contributed by atoms with Crippen molar-refractivity contribution in [2.24, 2.45) is 0 Å². The summed E-state index contributed by atoms with van der Waals surface area (Å²) in [6, 6.07) is 9.23. The first-order valence-corrected chi connectivity index (χ1v) is 6.05. The van der Waals surface area contributed by atoms with Crippen molar-refractivity contribution in [3.8, 4) is 6.07 Å². The summed E-state index contributed by atoms with van der Waals surface area (Å²) in [5.74, 6) is 0.0459. The quantitative estimate of drug-likeness (QED) is 0.507.